The van der Waals surface area contributed by atoms with Gasteiger partial charge >= 0.3 is 7.12 Å². The molecular weight excluding hydrogens is 561 g/mol. The maximum atomic E-state index is 8.67. The molecule has 0 radical (unpaired) electrons. The van der Waals surface area contributed by atoms with Crippen LogP contribution in [0.3, 0.4) is 0 Å². The molecule has 45 heavy (non-hydrogen) atoms. The molecule has 0 aliphatic heterocycles. The van der Waals surface area contributed by atoms with Crippen molar-refractivity contribution in [2.45, 2.75) is 78.0 Å². The van der Waals surface area contributed by atoms with Gasteiger partial charge in [-0.25, -0.2) is 4.98 Å². The van der Waals surface area contributed by atoms with Crippen molar-refractivity contribution in [1.29, 1.82) is 0 Å². The average Bonchev–Trinajstić information content (AvgIpc) is 3.47. The number of hydrogen-bond acceptors (Lipinski definition) is 8. The first kappa shape index (κ1) is 32.2. The molecule has 3 aromatic carbocycles. The molecule has 0 spiro atoms. The minimum absolute atomic E-state index is 0.262. The standard InChI is InChI=1S/C28H35N7.C7H9BO2/c1-18(2)35-17-31-25-26(33-28(34-27(25)35)32-24-14-12-23(29)13-15-24)30-16-20-6-10-22(11-7-20)21-8-4-19(3)5-9-21;1-6-2-4-7(5-3-6)8(9)10/h4-11,17-18,23-24H,12-16,29H2,1-3H3,(H2,30,32,33,34);2-5,9-10H,1H3. The second-order valence-corrected chi connectivity index (χ2v) is 12.3. The summed E-state index contributed by atoms with van der Waals surface area (Å²) in [5, 5.41) is 24.4. The topological polar surface area (TPSA) is 134 Å². The fourth-order valence-corrected chi connectivity index (χ4v) is 5.41. The molecule has 1 aliphatic rings. The average molecular weight is 606 g/mol. The van der Waals surface area contributed by atoms with Gasteiger partial charge in [-0.3, -0.25) is 0 Å². The Hall–Kier alpha value is -4.25. The van der Waals surface area contributed by atoms with Gasteiger partial charge in [-0.1, -0.05) is 83.9 Å². The highest BCUT2D eigenvalue weighted by molar-refractivity contribution is 6.58. The van der Waals surface area contributed by atoms with Crippen molar-refractivity contribution in [3.8, 4) is 11.1 Å². The van der Waals surface area contributed by atoms with Crippen LogP contribution < -0.4 is 21.8 Å². The fraction of sp³-hybridized carbons (Fsp3) is 0.343. The lowest BCUT2D eigenvalue weighted by atomic mass is 9.80. The van der Waals surface area contributed by atoms with Gasteiger partial charge < -0.3 is 31.0 Å². The normalized spacial score (nSPS) is 16.3. The highest BCUT2D eigenvalue weighted by atomic mass is 16.4. The number of aromatic nitrogens is 4. The first-order valence-corrected chi connectivity index (χ1v) is 15.8. The zero-order valence-electron chi connectivity index (χ0n) is 26.6. The Morgan fingerprint density at radius 1 is 0.844 bits per heavy atom. The van der Waals surface area contributed by atoms with Crippen LogP contribution in [0.5, 0.6) is 0 Å². The molecule has 2 heterocycles. The lowest BCUT2D eigenvalue weighted by Crippen LogP contribution is -2.33. The molecule has 1 aliphatic carbocycles. The molecule has 0 saturated heterocycles. The second kappa shape index (κ2) is 14.7. The molecule has 0 atom stereocenters. The molecule has 0 unspecified atom stereocenters. The first-order chi connectivity index (χ1) is 21.7. The summed E-state index contributed by atoms with van der Waals surface area (Å²) in [5.41, 5.74) is 14.3. The van der Waals surface area contributed by atoms with Crippen LogP contribution >= 0.6 is 0 Å². The molecule has 6 N–H and O–H groups in total. The van der Waals surface area contributed by atoms with Gasteiger partial charge in [0.25, 0.3) is 0 Å². The van der Waals surface area contributed by atoms with Crippen LogP contribution in [-0.2, 0) is 6.54 Å². The molecule has 5 aromatic rings. The summed E-state index contributed by atoms with van der Waals surface area (Å²) in [6.45, 7) is 9.00. The fourth-order valence-electron chi connectivity index (χ4n) is 5.41. The molecule has 9 nitrogen and oxygen atoms in total. The minimum atomic E-state index is -1.35. The predicted octanol–water partition coefficient (Wildman–Crippen LogP) is 5.35. The van der Waals surface area contributed by atoms with Crippen molar-refractivity contribution in [3.05, 3.63) is 95.8 Å². The van der Waals surface area contributed by atoms with Crippen LogP contribution in [0, 0.1) is 13.8 Å². The van der Waals surface area contributed by atoms with Gasteiger partial charge in [0.05, 0.1) is 6.33 Å². The largest absolute Gasteiger partial charge is 0.488 e. The van der Waals surface area contributed by atoms with E-state index < -0.39 is 7.12 Å². The number of imidazole rings is 1. The zero-order chi connectivity index (χ0) is 31.9. The van der Waals surface area contributed by atoms with Gasteiger partial charge in [-0.05, 0) is 75.5 Å². The quantitative estimate of drug-likeness (QED) is 0.150. The number of benzene rings is 3. The molecule has 234 valence electrons. The van der Waals surface area contributed by atoms with E-state index in [2.05, 4.69) is 89.5 Å². The Balaban J connectivity index is 0.000000342. The number of anilines is 2. The van der Waals surface area contributed by atoms with Crippen LogP contribution in [0.4, 0.5) is 11.8 Å². The molecule has 1 saturated carbocycles. The van der Waals surface area contributed by atoms with Crippen LogP contribution in [0.1, 0.15) is 62.3 Å². The molecule has 2 aromatic heterocycles. The van der Waals surface area contributed by atoms with Gasteiger partial charge in [-0.15, -0.1) is 0 Å². The summed E-state index contributed by atoms with van der Waals surface area (Å²) in [5.74, 6) is 1.41. The number of fused-ring (bicyclic) bond motifs is 1. The Kier molecular flexibility index (Phi) is 10.5. The van der Waals surface area contributed by atoms with Crippen molar-refractivity contribution in [3.63, 3.8) is 0 Å². The van der Waals surface area contributed by atoms with Gasteiger partial charge in [-0.2, -0.15) is 9.97 Å². The number of aryl methyl sites for hydroxylation is 2. The van der Waals surface area contributed by atoms with Crippen LogP contribution in [0.15, 0.2) is 79.1 Å². The van der Waals surface area contributed by atoms with E-state index in [1.807, 2.05) is 25.4 Å². The number of nitrogens with zero attached hydrogens (tertiary/aromatic N) is 4. The maximum absolute atomic E-state index is 8.67. The first-order valence-electron chi connectivity index (χ1n) is 15.8. The third-order valence-corrected chi connectivity index (χ3v) is 8.26. The van der Waals surface area contributed by atoms with Gasteiger partial charge in [0.2, 0.25) is 5.95 Å². The van der Waals surface area contributed by atoms with E-state index in [4.69, 9.17) is 25.7 Å². The number of nitrogens with two attached hydrogens (primary N) is 1. The summed E-state index contributed by atoms with van der Waals surface area (Å²) >= 11 is 0. The van der Waals surface area contributed by atoms with Crippen molar-refractivity contribution in [1.82, 2.24) is 19.5 Å². The number of nitrogens with one attached hydrogen (secondary N) is 2. The van der Waals surface area contributed by atoms with Gasteiger partial charge in [0.1, 0.15) is 0 Å². The third kappa shape index (κ3) is 8.48. The van der Waals surface area contributed by atoms with E-state index in [9.17, 15) is 0 Å². The highest BCUT2D eigenvalue weighted by Gasteiger charge is 2.21. The smallest absolute Gasteiger partial charge is 0.423 e. The Labute approximate surface area is 266 Å². The summed E-state index contributed by atoms with van der Waals surface area (Å²) < 4.78 is 2.10. The maximum Gasteiger partial charge on any atom is 0.488 e. The SMILES string of the molecule is Cc1ccc(-c2ccc(CNc3nc(NC4CCC(N)CC4)nc4c3ncn4C(C)C)cc2)cc1.Cc1ccc(B(O)O)cc1. The summed E-state index contributed by atoms with van der Waals surface area (Å²) in [7, 11) is -1.35. The number of rotatable bonds is 8. The summed E-state index contributed by atoms with van der Waals surface area (Å²) in [6, 6.07) is 25.3. The lowest BCUT2D eigenvalue weighted by Gasteiger charge is -2.27. The van der Waals surface area contributed by atoms with E-state index in [0.29, 0.717) is 30.0 Å². The zero-order valence-corrected chi connectivity index (χ0v) is 26.6. The molecule has 0 bridgehead atoms. The van der Waals surface area contributed by atoms with Crippen molar-refractivity contribution >= 4 is 35.5 Å². The van der Waals surface area contributed by atoms with Crippen molar-refractivity contribution in [2.24, 2.45) is 5.73 Å². The molecule has 10 heteroatoms. The minimum Gasteiger partial charge on any atom is -0.423 e. The Morgan fingerprint density at radius 2 is 1.42 bits per heavy atom. The summed E-state index contributed by atoms with van der Waals surface area (Å²) in [6.07, 6.45) is 6.01. The van der Waals surface area contributed by atoms with Crippen LogP contribution in [0.25, 0.3) is 22.3 Å². The highest BCUT2D eigenvalue weighted by Crippen LogP contribution is 2.27. The number of hydrogen-bond donors (Lipinski definition) is 5. The van der Waals surface area contributed by atoms with Gasteiger partial charge in [0.15, 0.2) is 17.0 Å². The molecular formula is C35H44BN7O2. The van der Waals surface area contributed by atoms with E-state index in [1.165, 1.54) is 22.3 Å². The van der Waals surface area contributed by atoms with Crippen molar-refractivity contribution < 1.29 is 10.0 Å². The van der Waals surface area contributed by atoms with Gasteiger partial charge in [0, 0.05) is 24.7 Å². The van der Waals surface area contributed by atoms with E-state index >= 15 is 0 Å². The lowest BCUT2D eigenvalue weighted by molar-refractivity contribution is 0.410. The monoisotopic (exact) mass is 605 g/mol. The Morgan fingerprint density at radius 3 is 2.00 bits per heavy atom. The molecule has 6 rings (SSSR count). The third-order valence-electron chi connectivity index (χ3n) is 8.26. The second-order valence-electron chi connectivity index (χ2n) is 12.3. The molecule has 0 amide bonds. The molecule has 1 fully saturated rings. The Bertz CT molecular complexity index is 1660. The summed E-state index contributed by atoms with van der Waals surface area (Å²) in [4.78, 5) is 14.3. The van der Waals surface area contributed by atoms with Crippen molar-refractivity contribution in [2.75, 3.05) is 10.6 Å². The van der Waals surface area contributed by atoms with E-state index in [0.717, 1.165) is 48.2 Å². The van der Waals surface area contributed by atoms with Crippen LogP contribution in [-0.4, -0.2) is 48.8 Å². The van der Waals surface area contributed by atoms with E-state index in [1.54, 1.807) is 12.1 Å². The predicted molar refractivity (Wildman–Crippen MR) is 185 cm³/mol. The van der Waals surface area contributed by atoms with E-state index in [-0.39, 0.29) is 6.04 Å². The van der Waals surface area contributed by atoms with Crippen LogP contribution in [0.2, 0.25) is 0 Å².